The van der Waals surface area contributed by atoms with Crippen LogP contribution in [0.25, 0.3) is 0 Å². The Morgan fingerprint density at radius 3 is 1.53 bits per heavy atom. The summed E-state index contributed by atoms with van der Waals surface area (Å²) in [5.74, 6) is 0.446. The molecule has 0 radical (unpaired) electrons. The zero-order valence-electron chi connectivity index (χ0n) is 17.9. The van der Waals surface area contributed by atoms with Crippen LogP contribution in [0.3, 0.4) is 0 Å². The van der Waals surface area contributed by atoms with Crippen molar-refractivity contribution in [3.05, 3.63) is 108 Å². The maximum Gasteiger partial charge on any atom is 0.112 e. The Morgan fingerprint density at radius 2 is 1.10 bits per heavy atom. The summed E-state index contributed by atoms with van der Waals surface area (Å²) in [7, 11) is 0. The van der Waals surface area contributed by atoms with Crippen LogP contribution in [0.15, 0.2) is 91.0 Å². The molecule has 2 saturated carbocycles. The molecular formula is C29H31F. The fraction of sp³-hybridized carbons (Fsp3) is 0.379. The number of fused-ring (bicyclic) bond motifs is 2. The zero-order chi connectivity index (χ0) is 20.7. The van der Waals surface area contributed by atoms with E-state index in [0.29, 0.717) is 25.2 Å². The number of hydrogen-bond acceptors (Lipinski definition) is 0. The average Bonchev–Trinajstić information content (AvgIpc) is 2.80. The third kappa shape index (κ3) is 3.29. The monoisotopic (exact) mass is 398 g/mol. The second-order valence-electron chi connectivity index (χ2n) is 9.84. The molecule has 5 rings (SSSR count). The lowest BCUT2D eigenvalue weighted by Crippen LogP contribution is -2.55. The summed E-state index contributed by atoms with van der Waals surface area (Å²) in [5, 5.41) is 0. The van der Waals surface area contributed by atoms with Gasteiger partial charge in [-0.25, -0.2) is 4.39 Å². The standard InChI is InChI=1S/C29H31F/c1-2-29(30)21-27(25-14-8-4-9-15-25)18-24(23-12-6-3-7-13-23)19-28(20-27,22-29)26-16-10-5-11-17-26/h3-17,24H,2,18-22H2,1H3. The Hall–Kier alpha value is -2.41. The van der Waals surface area contributed by atoms with Gasteiger partial charge in [0.1, 0.15) is 5.67 Å². The van der Waals surface area contributed by atoms with Crippen LogP contribution in [-0.2, 0) is 10.8 Å². The lowest BCUT2D eigenvalue weighted by atomic mass is 9.45. The van der Waals surface area contributed by atoms with Crippen molar-refractivity contribution in [3.63, 3.8) is 0 Å². The molecule has 0 amide bonds. The van der Waals surface area contributed by atoms with Crippen LogP contribution in [0.5, 0.6) is 0 Å². The number of alkyl halides is 1. The summed E-state index contributed by atoms with van der Waals surface area (Å²) >= 11 is 0. The Labute approximate surface area is 180 Å². The van der Waals surface area contributed by atoms with Crippen LogP contribution in [-0.4, -0.2) is 5.67 Å². The van der Waals surface area contributed by atoms with Gasteiger partial charge in [-0.1, -0.05) is 97.9 Å². The third-order valence-corrected chi connectivity index (χ3v) is 7.94. The van der Waals surface area contributed by atoms with E-state index >= 15 is 4.39 Å². The third-order valence-electron chi connectivity index (χ3n) is 7.94. The zero-order valence-corrected chi connectivity index (χ0v) is 17.9. The lowest BCUT2D eigenvalue weighted by Gasteiger charge is -2.59. The van der Waals surface area contributed by atoms with Gasteiger partial charge in [0.05, 0.1) is 0 Å². The molecule has 0 N–H and O–H groups in total. The molecule has 0 saturated heterocycles. The lowest BCUT2D eigenvalue weighted by molar-refractivity contribution is -0.0282. The van der Waals surface area contributed by atoms with E-state index in [1.54, 1.807) is 0 Å². The molecule has 0 spiro atoms. The van der Waals surface area contributed by atoms with Crippen molar-refractivity contribution in [3.8, 4) is 0 Å². The van der Waals surface area contributed by atoms with E-state index in [2.05, 4.69) is 91.0 Å². The van der Waals surface area contributed by atoms with E-state index in [1.807, 2.05) is 6.92 Å². The van der Waals surface area contributed by atoms with Crippen molar-refractivity contribution in [2.75, 3.05) is 0 Å². The number of halogens is 1. The van der Waals surface area contributed by atoms with Crippen molar-refractivity contribution in [1.29, 1.82) is 0 Å². The van der Waals surface area contributed by atoms with Crippen molar-refractivity contribution in [2.45, 2.75) is 67.9 Å². The van der Waals surface area contributed by atoms with E-state index in [4.69, 9.17) is 0 Å². The van der Waals surface area contributed by atoms with Crippen LogP contribution in [0.1, 0.15) is 68.1 Å². The Balaban J connectivity index is 1.70. The first-order chi connectivity index (χ1) is 14.6. The predicted molar refractivity (Wildman–Crippen MR) is 123 cm³/mol. The molecule has 1 heteroatoms. The molecule has 2 aliphatic rings. The summed E-state index contributed by atoms with van der Waals surface area (Å²) in [4.78, 5) is 0. The highest BCUT2D eigenvalue weighted by atomic mass is 19.1. The van der Waals surface area contributed by atoms with Gasteiger partial charge in [-0.05, 0) is 72.0 Å². The van der Waals surface area contributed by atoms with E-state index in [1.165, 1.54) is 16.7 Å². The van der Waals surface area contributed by atoms with Gasteiger partial charge in [-0.2, -0.15) is 0 Å². The molecule has 0 aromatic heterocycles. The first-order valence-electron chi connectivity index (χ1n) is 11.4. The van der Waals surface area contributed by atoms with Crippen molar-refractivity contribution >= 4 is 0 Å². The highest BCUT2D eigenvalue weighted by Gasteiger charge is 2.59. The molecule has 3 aromatic rings. The van der Waals surface area contributed by atoms with Crippen molar-refractivity contribution in [1.82, 2.24) is 0 Å². The van der Waals surface area contributed by atoms with Gasteiger partial charge in [0.2, 0.25) is 0 Å². The summed E-state index contributed by atoms with van der Waals surface area (Å²) < 4.78 is 16.4. The highest BCUT2D eigenvalue weighted by Crippen LogP contribution is 2.64. The summed E-state index contributed by atoms with van der Waals surface area (Å²) in [6.07, 6.45) is 4.97. The molecule has 2 fully saturated rings. The fourth-order valence-corrected chi connectivity index (χ4v) is 6.79. The van der Waals surface area contributed by atoms with Crippen LogP contribution >= 0.6 is 0 Å². The van der Waals surface area contributed by atoms with Crippen LogP contribution in [0, 0.1) is 0 Å². The van der Waals surface area contributed by atoms with Gasteiger partial charge in [0.15, 0.2) is 0 Å². The average molecular weight is 399 g/mol. The molecule has 0 aliphatic heterocycles. The van der Waals surface area contributed by atoms with Gasteiger partial charge in [-0.15, -0.1) is 0 Å². The Bertz CT molecular complexity index is 923. The summed E-state index contributed by atoms with van der Waals surface area (Å²) in [6.45, 7) is 2.03. The van der Waals surface area contributed by atoms with E-state index in [0.717, 1.165) is 19.3 Å². The second-order valence-corrected chi connectivity index (χ2v) is 9.84. The maximum absolute atomic E-state index is 16.4. The smallest absolute Gasteiger partial charge is 0.112 e. The minimum Gasteiger partial charge on any atom is -0.244 e. The number of rotatable bonds is 4. The van der Waals surface area contributed by atoms with Crippen molar-refractivity contribution in [2.24, 2.45) is 0 Å². The van der Waals surface area contributed by atoms with Gasteiger partial charge in [-0.3, -0.25) is 0 Å². The predicted octanol–water partition coefficient (Wildman–Crippen LogP) is 7.74. The quantitative estimate of drug-likeness (QED) is 0.421. The molecule has 2 aliphatic carbocycles. The minimum absolute atomic E-state index is 0.126. The van der Waals surface area contributed by atoms with Gasteiger partial charge >= 0.3 is 0 Å². The van der Waals surface area contributed by atoms with Crippen LogP contribution in [0.2, 0.25) is 0 Å². The summed E-state index contributed by atoms with van der Waals surface area (Å²) in [5.41, 5.74) is 2.67. The molecule has 0 nitrogen and oxygen atoms in total. The molecule has 3 aromatic carbocycles. The fourth-order valence-electron chi connectivity index (χ4n) is 6.79. The van der Waals surface area contributed by atoms with Gasteiger partial charge in [0.25, 0.3) is 0 Å². The largest absolute Gasteiger partial charge is 0.244 e. The molecule has 2 unspecified atom stereocenters. The Morgan fingerprint density at radius 1 is 0.667 bits per heavy atom. The SMILES string of the molecule is CCC1(F)CC2(c3ccccc3)CC(c3ccccc3)CC(c3ccccc3)(C1)C2. The van der Waals surface area contributed by atoms with Crippen LogP contribution in [0.4, 0.5) is 4.39 Å². The minimum atomic E-state index is -1.12. The topological polar surface area (TPSA) is 0 Å². The summed E-state index contributed by atoms with van der Waals surface area (Å²) in [6, 6.07) is 32.5. The van der Waals surface area contributed by atoms with Crippen molar-refractivity contribution < 1.29 is 4.39 Å². The maximum atomic E-state index is 16.4. The molecule has 2 bridgehead atoms. The molecule has 154 valence electrons. The molecule has 2 atom stereocenters. The second kappa shape index (κ2) is 7.38. The first kappa shape index (κ1) is 19.5. The molecular weight excluding hydrogens is 367 g/mol. The van der Waals surface area contributed by atoms with E-state index < -0.39 is 5.67 Å². The normalized spacial score (nSPS) is 33.2. The van der Waals surface area contributed by atoms with E-state index in [-0.39, 0.29) is 10.8 Å². The highest BCUT2D eigenvalue weighted by molar-refractivity contribution is 5.39. The van der Waals surface area contributed by atoms with Gasteiger partial charge in [0, 0.05) is 0 Å². The van der Waals surface area contributed by atoms with Crippen LogP contribution < -0.4 is 0 Å². The van der Waals surface area contributed by atoms with E-state index in [9.17, 15) is 0 Å². The number of hydrogen-bond donors (Lipinski definition) is 0. The molecule has 0 heterocycles. The van der Waals surface area contributed by atoms with Gasteiger partial charge < -0.3 is 0 Å². The molecule has 30 heavy (non-hydrogen) atoms. The Kier molecular flexibility index (Phi) is 4.81. The first-order valence-corrected chi connectivity index (χ1v) is 11.4. The number of benzene rings is 3.